The van der Waals surface area contributed by atoms with E-state index >= 15 is 0 Å². The van der Waals surface area contributed by atoms with Crippen molar-refractivity contribution in [3.05, 3.63) is 148 Å². The van der Waals surface area contributed by atoms with Crippen LogP contribution in [0.2, 0.25) is 0 Å². The van der Waals surface area contributed by atoms with Crippen molar-refractivity contribution in [3.8, 4) is 16.9 Å². The van der Waals surface area contributed by atoms with Crippen LogP contribution in [0.15, 0.2) is 109 Å². The minimum Gasteiger partial charge on any atom is -0.497 e. The highest BCUT2D eigenvalue weighted by Gasteiger charge is 2.42. The normalized spacial score (nSPS) is 12.6. The largest absolute Gasteiger partial charge is 0.497 e. The van der Waals surface area contributed by atoms with Crippen LogP contribution >= 0.6 is 0 Å². The maximum Gasteiger partial charge on any atom is 0.119 e. The minimum absolute atomic E-state index is 0.723. The zero-order valence-corrected chi connectivity index (χ0v) is 22.5. The third-order valence-corrected chi connectivity index (χ3v) is 7.57. The first kappa shape index (κ1) is 25.2. The highest BCUT2D eigenvalue weighted by molar-refractivity contribution is 5.76. The highest BCUT2D eigenvalue weighted by Crippen LogP contribution is 2.51. The Hall–Kier alpha value is -4.50. The van der Waals surface area contributed by atoms with Crippen LogP contribution in [0.25, 0.3) is 11.1 Å². The Morgan fingerprint density at radius 3 is 1.66 bits per heavy atom. The molecule has 3 heteroatoms. The third-order valence-electron chi connectivity index (χ3n) is 7.57. The number of nitrogens with two attached hydrogens (primary N) is 2. The molecule has 1 atom stereocenters. The summed E-state index contributed by atoms with van der Waals surface area (Å²) < 4.78 is 5.76. The van der Waals surface area contributed by atoms with Gasteiger partial charge in [0.1, 0.15) is 5.75 Å². The molecule has 4 N–H and O–H groups in total. The lowest BCUT2D eigenvalue weighted by Gasteiger charge is -2.39. The van der Waals surface area contributed by atoms with E-state index in [1.54, 1.807) is 7.11 Å². The van der Waals surface area contributed by atoms with Crippen molar-refractivity contribution in [2.75, 3.05) is 18.6 Å². The summed E-state index contributed by atoms with van der Waals surface area (Å²) in [5.74, 6) is 0.760. The molecule has 0 radical (unpaired) electrons. The van der Waals surface area contributed by atoms with Crippen LogP contribution in [0.5, 0.6) is 5.75 Å². The second-order valence-corrected chi connectivity index (χ2v) is 10.0. The molecule has 0 aliphatic rings. The van der Waals surface area contributed by atoms with Crippen LogP contribution in [0.1, 0.15) is 38.9 Å². The fraction of sp³-hybridized carbons (Fsp3) is 0.143. The number of hydrogen-bond acceptors (Lipinski definition) is 3. The Morgan fingerprint density at radius 2 is 1.05 bits per heavy atom. The molecule has 5 rings (SSSR count). The van der Waals surface area contributed by atoms with E-state index in [1.165, 1.54) is 5.56 Å². The first-order chi connectivity index (χ1) is 18.4. The van der Waals surface area contributed by atoms with Crippen molar-refractivity contribution in [3.63, 3.8) is 0 Å². The van der Waals surface area contributed by atoms with Gasteiger partial charge >= 0.3 is 0 Å². The molecule has 5 aromatic rings. The van der Waals surface area contributed by atoms with E-state index in [-0.39, 0.29) is 0 Å². The number of benzene rings is 5. The Bertz CT molecular complexity index is 1570. The van der Waals surface area contributed by atoms with Gasteiger partial charge in [0.25, 0.3) is 0 Å². The first-order valence-electron chi connectivity index (χ1n) is 12.9. The van der Waals surface area contributed by atoms with Crippen LogP contribution in [0, 0.1) is 20.8 Å². The van der Waals surface area contributed by atoms with E-state index < -0.39 is 5.41 Å². The van der Waals surface area contributed by atoms with Gasteiger partial charge in [-0.3, -0.25) is 0 Å². The van der Waals surface area contributed by atoms with E-state index in [2.05, 4.69) is 105 Å². The summed E-state index contributed by atoms with van der Waals surface area (Å²) in [4.78, 5) is 0. The number of ether oxygens (including phenoxy) is 1. The molecule has 0 aliphatic heterocycles. The quantitative estimate of drug-likeness (QED) is 0.185. The summed E-state index contributed by atoms with van der Waals surface area (Å²) in [7, 11) is 1.69. The van der Waals surface area contributed by atoms with Crippen molar-refractivity contribution in [2.45, 2.75) is 26.2 Å². The Kier molecular flexibility index (Phi) is 6.69. The van der Waals surface area contributed by atoms with Crippen molar-refractivity contribution < 1.29 is 4.74 Å². The van der Waals surface area contributed by atoms with Crippen molar-refractivity contribution in [1.82, 2.24) is 0 Å². The lowest BCUT2D eigenvalue weighted by molar-refractivity contribution is 0.413. The molecule has 0 spiro atoms. The lowest BCUT2D eigenvalue weighted by atomic mass is 9.63. The van der Waals surface area contributed by atoms with Crippen molar-refractivity contribution in [2.24, 2.45) is 0 Å². The predicted molar refractivity (Wildman–Crippen MR) is 160 cm³/mol. The van der Waals surface area contributed by atoms with Crippen LogP contribution in [-0.4, -0.2) is 7.11 Å². The number of nitrogen functional groups attached to an aromatic ring is 2. The van der Waals surface area contributed by atoms with Gasteiger partial charge in [0.2, 0.25) is 0 Å². The molecule has 0 saturated heterocycles. The number of hydrogen-bond donors (Lipinski definition) is 2. The second kappa shape index (κ2) is 10.1. The standard InChI is InChI=1S/C35H34N2O/c1-23-19-24(2)33(36)31(20-23)35(28-13-9-6-10-14-28,32-22-30(38-4)21-25(3)34(32)37)29-17-15-27(16-18-29)26-11-7-5-8-12-26/h5-22H,36-37H2,1-4H3. The topological polar surface area (TPSA) is 61.3 Å². The Balaban J connectivity index is 1.94. The zero-order valence-electron chi connectivity index (χ0n) is 22.5. The molecule has 0 heterocycles. The molecular weight excluding hydrogens is 464 g/mol. The summed E-state index contributed by atoms with van der Waals surface area (Å²) in [6, 6.07) is 38.1. The summed E-state index contributed by atoms with van der Waals surface area (Å²) in [5.41, 5.74) is 24.2. The predicted octanol–water partition coefficient (Wildman–Crippen LogP) is 7.83. The summed E-state index contributed by atoms with van der Waals surface area (Å²) in [6.07, 6.45) is 0. The van der Waals surface area contributed by atoms with Crippen LogP contribution in [-0.2, 0) is 5.41 Å². The van der Waals surface area contributed by atoms with Crippen LogP contribution in [0.3, 0.4) is 0 Å². The zero-order chi connectivity index (χ0) is 26.9. The van der Waals surface area contributed by atoms with Crippen molar-refractivity contribution in [1.29, 1.82) is 0 Å². The molecule has 0 fully saturated rings. The second-order valence-electron chi connectivity index (χ2n) is 10.0. The van der Waals surface area contributed by atoms with E-state index in [4.69, 9.17) is 16.2 Å². The maximum atomic E-state index is 6.96. The van der Waals surface area contributed by atoms with Gasteiger partial charge < -0.3 is 16.2 Å². The van der Waals surface area contributed by atoms with Crippen LogP contribution < -0.4 is 16.2 Å². The monoisotopic (exact) mass is 498 g/mol. The van der Waals surface area contributed by atoms with Crippen LogP contribution in [0.4, 0.5) is 11.4 Å². The summed E-state index contributed by atoms with van der Waals surface area (Å²) >= 11 is 0. The SMILES string of the molecule is COc1cc(C)c(N)c(C(c2ccccc2)(c2ccc(-c3ccccc3)cc2)c2cc(C)cc(C)c2N)c1. The van der Waals surface area contributed by atoms with Crippen molar-refractivity contribution >= 4 is 11.4 Å². The molecular formula is C35H34N2O. The fourth-order valence-electron chi connectivity index (χ4n) is 5.65. The van der Waals surface area contributed by atoms with Gasteiger partial charge in [0.15, 0.2) is 0 Å². The number of rotatable bonds is 6. The number of anilines is 2. The number of aryl methyl sites for hydroxylation is 3. The van der Waals surface area contributed by atoms with Gasteiger partial charge in [-0.05, 0) is 77.4 Å². The molecule has 0 aromatic heterocycles. The number of methoxy groups -OCH3 is 1. The molecule has 0 amide bonds. The molecule has 1 unspecified atom stereocenters. The first-order valence-corrected chi connectivity index (χ1v) is 12.9. The maximum absolute atomic E-state index is 6.96. The fourth-order valence-corrected chi connectivity index (χ4v) is 5.65. The van der Waals surface area contributed by atoms with E-state index in [1.807, 2.05) is 25.1 Å². The Labute approximate surface area is 225 Å². The van der Waals surface area contributed by atoms with E-state index in [0.717, 1.165) is 61.6 Å². The van der Waals surface area contributed by atoms with Gasteiger partial charge in [0.05, 0.1) is 12.5 Å². The Morgan fingerprint density at radius 1 is 0.553 bits per heavy atom. The molecule has 0 aliphatic carbocycles. The highest BCUT2D eigenvalue weighted by atomic mass is 16.5. The molecule has 0 saturated carbocycles. The average Bonchev–Trinajstić information content (AvgIpc) is 2.95. The molecule has 0 bridgehead atoms. The lowest BCUT2D eigenvalue weighted by Crippen LogP contribution is -2.33. The van der Waals surface area contributed by atoms with Gasteiger partial charge in [-0.1, -0.05) is 103 Å². The van der Waals surface area contributed by atoms with E-state index in [9.17, 15) is 0 Å². The minimum atomic E-state index is -0.777. The van der Waals surface area contributed by atoms with Gasteiger partial charge in [-0.15, -0.1) is 0 Å². The molecule has 3 nitrogen and oxygen atoms in total. The molecule has 38 heavy (non-hydrogen) atoms. The summed E-state index contributed by atoms with van der Waals surface area (Å²) in [6.45, 7) is 6.21. The summed E-state index contributed by atoms with van der Waals surface area (Å²) in [5, 5.41) is 0. The van der Waals surface area contributed by atoms with E-state index in [0.29, 0.717) is 0 Å². The molecule has 190 valence electrons. The smallest absolute Gasteiger partial charge is 0.119 e. The molecule has 5 aromatic carbocycles. The van der Waals surface area contributed by atoms with Gasteiger partial charge in [-0.25, -0.2) is 0 Å². The van der Waals surface area contributed by atoms with Gasteiger partial charge in [0, 0.05) is 11.4 Å². The van der Waals surface area contributed by atoms with Gasteiger partial charge in [-0.2, -0.15) is 0 Å². The third kappa shape index (κ3) is 4.20. The average molecular weight is 499 g/mol.